The van der Waals surface area contributed by atoms with E-state index in [1.165, 1.54) is 6.07 Å². The molecule has 3 rings (SSSR count). The minimum atomic E-state index is -0.801. The quantitative estimate of drug-likeness (QED) is 0.907. The molecular weight excluding hydrogens is 319 g/mol. The van der Waals surface area contributed by atoms with E-state index in [4.69, 9.17) is 5.11 Å². The third kappa shape index (κ3) is 4.24. The lowest BCUT2D eigenvalue weighted by Crippen LogP contribution is -2.54. The van der Waals surface area contributed by atoms with Crippen molar-refractivity contribution in [2.75, 3.05) is 26.2 Å². The molecular formula is C20H23FN2O2. The predicted molar refractivity (Wildman–Crippen MR) is 94.9 cm³/mol. The van der Waals surface area contributed by atoms with Gasteiger partial charge in [0.25, 0.3) is 0 Å². The van der Waals surface area contributed by atoms with E-state index in [9.17, 15) is 9.18 Å². The van der Waals surface area contributed by atoms with E-state index in [1.54, 1.807) is 12.1 Å². The van der Waals surface area contributed by atoms with Gasteiger partial charge in [0.1, 0.15) is 5.82 Å². The predicted octanol–water partition coefficient (Wildman–Crippen LogP) is 3.01. The first-order chi connectivity index (χ1) is 12.0. The van der Waals surface area contributed by atoms with Crippen molar-refractivity contribution in [3.8, 4) is 0 Å². The van der Waals surface area contributed by atoms with Crippen LogP contribution >= 0.6 is 0 Å². The number of hydrogen-bond acceptors (Lipinski definition) is 3. The van der Waals surface area contributed by atoms with E-state index >= 15 is 0 Å². The molecule has 0 aromatic heterocycles. The molecule has 1 heterocycles. The van der Waals surface area contributed by atoms with Gasteiger partial charge >= 0.3 is 5.97 Å². The Morgan fingerprint density at radius 1 is 1.16 bits per heavy atom. The lowest BCUT2D eigenvalue weighted by molar-refractivity contribution is -0.139. The summed E-state index contributed by atoms with van der Waals surface area (Å²) in [4.78, 5) is 15.3. The van der Waals surface area contributed by atoms with E-state index < -0.39 is 5.97 Å². The highest BCUT2D eigenvalue weighted by Crippen LogP contribution is 2.31. The second-order valence-corrected chi connectivity index (χ2v) is 6.58. The summed E-state index contributed by atoms with van der Waals surface area (Å²) in [7, 11) is 0. The van der Waals surface area contributed by atoms with Crippen LogP contribution in [0.1, 0.15) is 24.1 Å². The standard InChI is InChI=1S/C20H23FN2O2/c1-15-13-23(11-10-22(15)14-19(24)25)20(16-6-3-2-4-7-16)17-8-5-9-18(21)12-17/h2-9,12,15,20H,10-11,13-14H2,1H3,(H,24,25)/t15?,20-/m1/s1. The Bertz CT molecular complexity index is 723. The van der Waals surface area contributed by atoms with Crippen LogP contribution in [0.2, 0.25) is 0 Å². The lowest BCUT2D eigenvalue weighted by Gasteiger charge is -2.43. The molecule has 1 unspecified atom stereocenters. The first-order valence-electron chi connectivity index (χ1n) is 8.55. The number of carboxylic acid groups (broad SMARTS) is 1. The minimum Gasteiger partial charge on any atom is -0.480 e. The SMILES string of the molecule is CC1CN([C@H](c2ccccc2)c2cccc(F)c2)CCN1CC(=O)O. The van der Waals surface area contributed by atoms with Gasteiger partial charge in [-0.2, -0.15) is 0 Å². The molecule has 0 aliphatic carbocycles. The largest absolute Gasteiger partial charge is 0.480 e. The number of rotatable bonds is 5. The molecule has 0 radical (unpaired) electrons. The highest BCUT2D eigenvalue weighted by atomic mass is 19.1. The molecule has 0 amide bonds. The summed E-state index contributed by atoms with van der Waals surface area (Å²) in [5, 5.41) is 9.05. The molecule has 5 heteroatoms. The maximum Gasteiger partial charge on any atom is 0.317 e. The summed E-state index contributed by atoms with van der Waals surface area (Å²) in [5.41, 5.74) is 2.04. The van der Waals surface area contributed by atoms with Crippen LogP contribution in [0.5, 0.6) is 0 Å². The van der Waals surface area contributed by atoms with Gasteiger partial charge in [-0.3, -0.25) is 14.6 Å². The minimum absolute atomic E-state index is 0.0358. The lowest BCUT2D eigenvalue weighted by atomic mass is 9.95. The number of nitrogens with zero attached hydrogens (tertiary/aromatic N) is 2. The summed E-state index contributed by atoms with van der Waals surface area (Å²) in [5.74, 6) is -1.04. The van der Waals surface area contributed by atoms with Crippen LogP contribution in [0.15, 0.2) is 54.6 Å². The summed E-state index contributed by atoms with van der Waals surface area (Å²) >= 11 is 0. The topological polar surface area (TPSA) is 43.8 Å². The normalized spacial score (nSPS) is 20.3. The van der Waals surface area contributed by atoms with Crippen molar-refractivity contribution in [3.05, 3.63) is 71.5 Å². The van der Waals surface area contributed by atoms with Gasteiger partial charge in [-0.05, 0) is 30.2 Å². The van der Waals surface area contributed by atoms with Gasteiger partial charge < -0.3 is 5.11 Å². The number of carbonyl (C=O) groups is 1. The molecule has 25 heavy (non-hydrogen) atoms. The maximum atomic E-state index is 13.8. The van der Waals surface area contributed by atoms with Crippen molar-refractivity contribution in [3.63, 3.8) is 0 Å². The van der Waals surface area contributed by atoms with Gasteiger partial charge in [-0.15, -0.1) is 0 Å². The smallest absolute Gasteiger partial charge is 0.317 e. The Morgan fingerprint density at radius 3 is 2.52 bits per heavy atom. The molecule has 1 aliphatic rings. The third-order valence-electron chi connectivity index (χ3n) is 4.78. The van der Waals surface area contributed by atoms with E-state index in [2.05, 4.69) is 17.0 Å². The van der Waals surface area contributed by atoms with Gasteiger partial charge in [0.05, 0.1) is 12.6 Å². The summed E-state index contributed by atoms with van der Waals surface area (Å²) in [6.45, 7) is 4.27. The van der Waals surface area contributed by atoms with Crippen molar-refractivity contribution in [2.45, 2.75) is 19.0 Å². The molecule has 4 nitrogen and oxygen atoms in total. The fourth-order valence-corrected chi connectivity index (χ4v) is 3.59. The van der Waals surface area contributed by atoms with Crippen LogP contribution in [-0.4, -0.2) is 53.1 Å². The zero-order valence-corrected chi connectivity index (χ0v) is 14.3. The Morgan fingerprint density at radius 2 is 1.88 bits per heavy atom. The molecule has 2 aromatic rings. The Labute approximate surface area is 147 Å². The molecule has 1 fully saturated rings. The van der Waals surface area contributed by atoms with Gasteiger partial charge in [0.15, 0.2) is 0 Å². The molecule has 0 spiro atoms. The van der Waals surface area contributed by atoms with Crippen molar-refractivity contribution in [1.29, 1.82) is 0 Å². The Balaban J connectivity index is 1.87. The van der Waals surface area contributed by atoms with E-state index in [0.717, 1.165) is 24.2 Å². The number of piperazine rings is 1. The van der Waals surface area contributed by atoms with Gasteiger partial charge in [0.2, 0.25) is 0 Å². The number of benzene rings is 2. The Kier molecular flexibility index (Phi) is 5.46. The fraction of sp³-hybridized carbons (Fsp3) is 0.350. The van der Waals surface area contributed by atoms with Crippen LogP contribution in [0.4, 0.5) is 4.39 Å². The molecule has 1 saturated heterocycles. The van der Waals surface area contributed by atoms with Gasteiger partial charge in [0, 0.05) is 25.7 Å². The van der Waals surface area contributed by atoms with E-state index in [0.29, 0.717) is 6.54 Å². The second-order valence-electron chi connectivity index (χ2n) is 6.58. The number of halogens is 1. The molecule has 2 atom stereocenters. The Hall–Kier alpha value is -2.24. The summed E-state index contributed by atoms with van der Waals surface area (Å²) in [6, 6.07) is 16.9. The van der Waals surface area contributed by atoms with E-state index in [1.807, 2.05) is 36.1 Å². The van der Waals surface area contributed by atoms with Crippen molar-refractivity contribution < 1.29 is 14.3 Å². The van der Waals surface area contributed by atoms with Crippen LogP contribution in [0.25, 0.3) is 0 Å². The molecule has 0 saturated carbocycles. The third-order valence-corrected chi connectivity index (χ3v) is 4.78. The fourth-order valence-electron chi connectivity index (χ4n) is 3.59. The first-order valence-corrected chi connectivity index (χ1v) is 8.55. The van der Waals surface area contributed by atoms with Crippen LogP contribution < -0.4 is 0 Å². The van der Waals surface area contributed by atoms with Crippen molar-refractivity contribution in [2.24, 2.45) is 0 Å². The summed E-state index contributed by atoms with van der Waals surface area (Å²) < 4.78 is 13.8. The average molecular weight is 342 g/mol. The molecule has 0 bridgehead atoms. The zero-order chi connectivity index (χ0) is 17.8. The molecule has 2 aromatic carbocycles. The zero-order valence-electron chi connectivity index (χ0n) is 14.3. The number of hydrogen-bond donors (Lipinski definition) is 1. The van der Waals surface area contributed by atoms with Gasteiger partial charge in [-0.25, -0.2) is 4.39 Å². The van der Waals surface area contributed by atoms with Crippen molar-refractivity contribution in [1.82, 2.24) is 9.80 Å². The monoisotopic (exact) mass is 342 g/mol. The molecule has 1 aliphatic heterocycles. The van der Waals surface area contributed by atoms with Crippen LogP contribution in [0.3, 0.4) is 0 Å². The molecule has 1 N–H and O–H groups in total. The van der Waals surface area contributed by atoms with Crippen molar-refractivity contribution >= 4 is 5.97 Å². The highest BCUT2D eigenvalue weighted by Gasteiger charge is 2.31. The molecule has 132 valence electrons. The second kappa shape index (κ2) is 7.76. The highest BCUT2D eigenvalue weighted by molar-refractivity contribution is 5.69. The maximum absolute atomic E-state index is 13.8. The van der Waals surface area contributed by atoms with Crippen LogP contribution in [0, 0.1) is 5.82 Å². The first kappa shape index (κ1) is 17.6. The van der Waals surface area contributed by atoms with Gasteiger partial charge in [-0.1, -0.05) is 42.5 Å². The number of carboxylic acids is 1. The van der Waals surface area contributed by atoms with Crippen LogP contribution in [-0.2, 0) is 4.79 Å². The summed E-state index contributed by atoms with van der Waals surface area (Å²) in [6.07, 6.45) is 0. The number of aliphatic carboxylic acids is 1. The van der Waals surface area contributed by atoms with E-state index in [-0.39, 0.29) is 24.4 Å². The average Bonchev–Trinajstić information content (AvgIpc) is 2.58.